The van der Waals surface area contributed by atoms with Gasteiger partial charge in [-0.2, -0.15) is 0 Å². The molecule has 0 spiro atoms. The molecule has 178 valence electrons. The van der Waals surface area contributed by atoms with Gasteiger partial charge in [-0.3, -0.25) is 14.2 Å². The Balaban J connectivity index is 1.47. The highest BCUT2D eigenvalue weighted by atomic mass is 32.2. The van der Waals surface area contributed by atoms with E-state index in [1.165, 1.54) is 22.9 Å². The molecule has 0 radical (unpaired) electrons. The molecule has 0 aliphatic carbocycles. The normalized spacial score (nSPS) is 11.7. The average molecular weight is 492 g/mol. The van der Waals surface area contributed by atoms with Gasteiger partial charge in [-0.15, -0.1) is 0 Å². The summed E-state index contributed by atoms with van der Waals surface area (Å²) in [4.78, 5) is 20.6. The van der Waals surface area contributed by atoms with Gasteiger partial charge in [0.05, 0.1) is 27.3 Å². The molecule has 0 atom stereocenters. The number of hydrogen-bond donors (Lipinski definition) is 2. The summed E-state index contributed by atoms with van der Waals surface area (Å²) in [6.07, 6.45) is 0.240. The van der Waals surface area contributed by atoms with Crippen LogP contribution >= 0.6 is 0 Å². The summed E-state index contributed by atoms with van der Waals surface area (Å²) in [6.45, 7) is 1.67. The molecule has 0 aliphatic heterocycles. The number of sulfonamides is 1. The van der Waals surface area contributed by atoms with Crippen molar-refractivity contribution in [3.05, 3.63) is 106 Å². The van der Waals surface area contributed by atoms with Gasteiger partial charge in [0.1, 0.15) is 17.3 Å². The van der Waals surface area contributed by atoms with Crippen molar-refractivity contribution in [3.63, 3.8) is 0 Å². The average Bonchev–Trinajstić information content (AvgIpc) is 3.34. The summed E-state index contributed by atoms with van der Waals surface area (Å²) in [6, 6.07) is 19.8. The molecule has 0 amide bonds. The number of fused-ring (bicyclic) bond motifs is 1. The van der Waals surface area contributed by atoms with Crippen LogP contribution in [0.2, 0.25) is 0 Å². The number of rotatable bonds is 6. The van der Waals surface area contributed by atoms with Crippen LogP contribution in [0.1, 0.15) is 17.1 Å². The van der Waals surface area contributed by atoms with Gasteiger partial charge in [0, 0.05) is 13.5 Å². The first kappa shape index (κ1) is 22.6. The second kappa shape index (κ2) is 8.55. The maximum atomic E-state index is 14.0. The Labute approximate surface area is 200 Å². The van der Waals surface area contributed by atoms with E-state index >= 15 is 0 Å². The molecule has 0 fully saturated rings. The van der Waals surface area contributed by atoms with Gasteiger partial charge in [-0.1, -0.05) is 36.4 Å². The highest BCUT2D eigenvalue weighted by molar-refractivity contribution is 7.92. The van der Waals surface area contributed by atoms with Gasteiger partial charge in [-0.05, 0) is 48.9 Å². The molecule has 0 aliphatic rings. The third-order valence-electron chi connectivity index (χ3n) is 5.92. The zero-order chi connectivity index (χ0) is 24.7. The summed E-state index contributed by atoms with van der Waals surface area (Å²) in [7, 11) is -2.39. The van der Waals surface area contributed by atoms with E-state index in [2.05, 4.69) is 14.7 Å². The Bertz CT molecular complexity index is 1720. The lowest BCUT2D eigenvalue weighted by atomic mass is 10.1. The number of para-hydroxylation sites is 1. The predicted molar refractivity (Wildman–Crippen MR) is 132 cm³/mol. The van der Waals surface area contributed by atoms with Crippen LogP contribution in [0.3, 0.4) is 0 Å². The van der Waals surface area contributed by atoms with E-state index < -0.39 is 15.6 Å². The molecule has 3 aromatic carbocycles. The van der Waals surface area contributed by atoms with Gasteiger partial charge in [0.2, 0.25) is 0 Å². The quantitative estimate of drug-likeness (QED) is 0.376. The van der Waals surface area contributed by atoms with Crippen molar-refractivity contribution >= 4 is 26.7 Å². The van der Waals surface area contributed by atoms with Crippen molar-refractivity contribution < 1.29 is 12.8 Å². The molecular formula is C25H22FN5O3S. The number of hydrogen-bond acceptors (Lipinski definition) is 4. The van der Waals surface area contributed by atoms with Crippen molar-refractivity contribution in [2.45, 2.75) is 18.2 Å². The molecule has 2 aromatic heterocycles. The molecule has 2 N–H and O–H groups in total. The van der Waals surface area contributed by atoms with E-state index in [0.717, 1.165) is 0 Å². The first-order chi connectivity index (χ1) is 16.7. The van der Waals surface area contributed by atoms with Crippen molar-refractivity contribution in [2.24, 2.45) is 7.05 Å². The first-order valence-electron chi connectivity index (χ1n) is 10.8. The number of aromatic amines is 1. The topological polar surface area (TPSA) is 102 Å². The number of aromatic nitrogens is 4. The van der Waals surface area contributed by atoms with E-state index in [1.807, 2.05) is 6.07 Å². The predicted octanol–water partition coefficient (Wildman–Crippen LogP) is 3.89. The van der Waals surface area contributed by atoms with Gasteiger partial charge >= 0.3 is 0 Å². The third kappa shape index (κ3) is 4.12. The van der Waals surface area contributed by atoms with Crippen LogP contribution in [0.15, 0.2) is 82.5 Å². The lowest BCUT2D eigenvalue weighted by Gasteiger charge is -2.07. The van der Waals surface area contributed by atoms with Crippen LogP contribution in [0.5, 0.6) is 0 Å². The van der Waals surface area contributed by atoms with Gasteiger partial charge < -0.3 is 4.98 Å². The summed E-state index contributed by atoms with van der Waals surface area (Å²) in [5, 5.41) is 0. The Morgan fingerprint density at radius 2 is 1.74 bits per heavy atom. The van der Waals surface area contributed by atoms with E-state index in [0.29, 0.717) is 33.8 Å². The largest absolute Gasteiger partial charge is 0.342 e. The third-order valence-corrected chi connectivity index (χ3v) is 7.27. The van der Waals surface area contributed by atoms with Crippen molar-refractivity contribution in [2.75, 3.05) is 4.72 Å². The number of benzene rings is 3. The zero-order valence-electron chi connectivity index (χ0n) is 19.0. The van der Waals surface area contributed by atoms with Gasteiger partial charge in [-0.25, -0.2) is 22.5 Å². The fourth-order valence-corrected chi connectivity index (χ4v) is 5.14. The van der Waals surface area contributed by atoms with E-state index in [9.17, 15) is 17.6 Å². The molecule has 0 bridgehead atoms. The minimum atomic E-state index is -4.08. The molecule has 5 aromatic rings. The van der Waals surface area contributed by atoms with Crippen LogP contribution in [0, 0.1) is 12.7 Å². The van der Waals surface area contributed by atoms with Crippen LogP contribution < -0.4 is 10.3 Å². The molecular weight excluding hydrogens is 469 g/mol. The SMILES string of the molecule is Cc1c(NS(=O)(=O)c2ccc3nc(Cc4ccccc4F)[nH]c3c2)c(=O)n(-c2ccccc2)n1C. The van der Waals surface area contributed by atoms with Crippen molar-refractivity contribution in [3.8, 4) is 5.69 Å². The number of imidazole rings is 1. The standard InChI is InChI=1S/C25H22FN5O3S/c1-16-24(25(32)31(30(16)2)18-9-4-3-5-10-18)29-35(33,34)19-12-13-21-22(15-19)28-23(27-21)14-17-8-6-7-11-20(17)26/h3-13,15,29H,14H2,1-2H3,(H,27,28). The van der Waals surface area contributed by atoms with Crippen molar-refractivity contribution in [1.29, 1.82) is 0 Å². The van der Waals surface area contributed by atoms with Crippen molar-refractivity contribution in [1.82, 2.24) is 19.3 Å². The van der Waals surface area contributed by atoms with Crippen LogP contribution in [0.4, 0.5) is 10.1 Å². The highest BCUT2D eigenvalue weighted by Gasteiger charge is 2.23. The molecule has 0 saturated carbocycles. The van der Waals surface area contributed by atoms with E-state index in [1.54, 1.807) is 67.2 Å². The lowest BCUT2D eigenvalue weighted by molar-refractivity contribution is 0.601. The molecule has 10 heteroatoms. The number of nitrogens with zero attached hydrogens (tertiary/aromatic N) is 3. The van der Waals surface area contributed by atoms with Gasteiger partial charge in [0.25, 0.3) is 15.6 Å². The van der Waals surface area contributed by atoms with E-state index in [-0.39, 0.29) is 22.8 Å². The van der Waals surface area contributed by atoms with Crippen LogP contribution in [-0.2, 0) is 23.5 Å². The summed E-state index contributed by atoms with van der Waals surface area (Å²) in [5.41, 5.74) is 2.11. The number of anilines is 1. The molecule has 0 unspecified atom stereocenters. The monoisotopic (exact) mass is 491 g/mol. The highest BCUT2D eigenvalue weighted by Crippen LogP contribution is 2.22. The molecule has 8 nitrogen and oxygen atoms in total. The Kier molecular flexibility index (Phi) is 5.52. The minimum Gasteiger partial charge on any atom is -0.342 e. The summed E-state index contributed by atoms with van der Waals surface area (Å²) in [5.74, 6) is 0.178. The second-order valence-corrected chi connectivity index (χ2v) is 9.86. The summed E-state index contributed by atoms with van der Waals surface area (Å²) < 4.78 is 45.9. The number of nitrogens with one attached hydrogen (secondary N) is 2. The Morgan fingerprint density at radius 3 is 2.49 bits per heavy atom. The molecule has 0 saturated heterocycles. The smallest absolute Gasteiger partial charge is 0.296 e. The number of H-pyrrole nitrogens is 1. The molecule has 2 heterocycles. The minimum absolute atomic E-state index is 0.0266. The molecule has 35 heavy (non-hydrogen) atoms. The fourth-order valence-electron chi connectivity index (χ4n) is 3.99. The summed E-state index contributed by atoms with van der Waals surface area (Å²) >= 11 is 0. The number of halogens is 1. The maximum absolute atomic E-state index is 14.0. The molecule has 5 rings (SSSR count). The fraction of sp³-hybridized carbons (Fsp3) is 0.120. The van der Waals surface area contributed by atoms with Crippen LogP contribution in [-0.4, -0.2) is 27.7 Å². The van der Waals surface area contributed by atoms with E-state index in [4.69, 9.17) is 0 Å². The van der Waals surface area contributed by atoms with Gasteiger partial charge in [0.15, 0.2) is 0 Å². The second-order valence-electron chi connectivity index (χ2n) is 8.17. The van der Waals surface area contributed by atoms with Crippen LogP contribution in [0.25, 0.3) is 16.7 Å². The Hall–Kier alpha value is -4.18. The maximum Gasteiger partial charge on any atom is 0.296 e. The first-order valence-corrected chi connectivity index (χ1v) is 12.3. The lowest BCUT2D eigenvalue weighted by Crippen LogP contribution is -2.23. The Morgan fingerprint density at radius 1 is 1.03 bits per heavy atom. The zero-order valence-corrected chi connectivity index (χ0v) is 19.8.